The number of unbranched alkanes of at least 4 members (excludes halogenated alkanes) is 9. The molecule has 0 aromatic heterocycles. The van der Waals surface area contributed by atoms with E-state index in [1.165, 1.54) is 63.4 Å². The molecule has 0 amide bonds. The van der Waals surface area contributed by atoms with E-state index in [1.54, 1.807) is 6.07 Å². The van der Waals surface area contributed by atoms with E-state index >= 15 is 0 Å². The molecule has 0 bridgehead atoms. The van der Waals surface area contributed by atoms with Gasteiger partial charge < -0.3 is 9.84 Å². The fourth-order valence-corrected chi connectivity index (χ4v) is 3.32. The Bertz CT molecular complexity index is 482. The van der Waals surface area contributed by atoms with Gasteiger partial charge in [0, 0.05) is 0 Å². The van der Waals surface area contributed by atoms with Crippen molar-refractivity contribution < 1.29 is 14.6 Å². The summed E-state index contributed by atoms with van der Waals surface area (Å²) in [6.45, 7) is 4.45. The molecule has 0 atom stereocenters. The third-order valence-corrected chi connectivity index (χ3v) is 4.76. The van der Waals surface area contributed by atoms with Crippen LogP contribution in [0.2, 0.25) is 0 Å². The van der Waals surface area contributed by atoms with Crippen LogP contribution in [0.25, 0.3) is 0 Å². The second kappa shape index (κ2) is 13.7. The summed E-state index contributed by atoms with van der Waals surface area (Å²) in [6, 6.07) is 5.85. The Morgan fingerprint density at radius 1 is 0.840 bits per heavy atom. The smallest absolute Gasteiger partial charge is 0.449 e. The van der Waals surface area contributed by atoms with E-state index in [4.69, 9.17) is 9.84 Å². The van der Waals surface area contributed by atoms with Crippen molar-refractivity contribution in [2.24, 2.45) is 0 Å². The summed E-state index contributed by atoms with van der Waals surface area (Å²) in [5, 5.41) is 9.00. The number of carboxylic acid groups (broad SMARTS) is 1. The van der Waals surface area contributed by atoms with Crippen LogP contribution in [0.5, 0.6) is 5.75 Å². The van der Waals surface area contributed by atoms with E-state index in [2.05, 4.69) is 19.9 Å². The lowest BCUT2D eigenvalue weighted by molar-refractivity contribution is 0.144. The van der Waals surface area contributed by atoms with Crippen molar-refractivity contribution in [3.05, 3.63) is 29.3 Å². The second-order valence-corrected chi connectivity index (χ2v) is 6.94. The Balaban J connectivity index is 2.59. The minimum atomic E-state index is -1.22. The third kappa shape index (κ3) is 9.52. The van der Waals surface area contributed by atoms with Crippen molar-refractivity contribution in [3.8, 4) is 5.75 Å². The van der Waals surface area contributed by atoms with Crippen LogP contribution in [0, 0.1) is 0 Å². The Kier molecular flexibility index (Phi) is 11.8. The molecule has 1 N–H and O–H groups in total. The third-order valence-electron chi connectivity index (χ3n) is 4.76. The first-order valence-corrected chi connectivity index (χ1v) is 10.2. The van der Waals surface area contributed by atoms with E-state index in [0.717, 1.165) is 31.2 Å². The van der Waals surface area contributed by atoms with Crippen molar-refractivity contribution in [1.82, 2.24) is 0 Å². The highest BCUT2D eigenvalue weighted by Gasteiger charge is 2.12. The van der Waals surface area contributed by atoms with Crippen LogP contribution < -0.4 is 4.74 Å². The molecule has 0 unspecified atom stereocenters. The minimum Gasteiger partial charge on any atom is -0.449 e. The zero-order chi connectivity index (χ0) is 18.3. The Morgan fingerprint density at radius 2 is 1.40 bits per heavy atom. The molecule has 0 fully saturated rings. The van der Waals surface area contributed by atoms with Crippen LogP contribution in [0.15, 0.2) is 18.2 Å². The summed E-state index contributed by atoms with van der Waals surface area (Å²) in [4.78, 5) is 11.0. The fraction of sp³-hybridized carbons (Fsp3) is 0.682. The van der Waals surface area contributed by atoms with Crippen LogP contribution in [0.3, 0.4) is 0 Å². The average Bonchev–Trinajstić information content (AvgIpc) is 2.59. The van der Waals surface area contributed by atoms with E-state index < -0.39 is 6.16 Å². The molecule has 0 saturated carbocycles. The highest BCUT2D eigenvalue weighted by Crippen LogP contribution is 2.27. The van der Waals surface area contributed by atoms with E-state index in [0.29, 0.717) is 5.75 Å². The maximum Gasteiger partial charge on any atom is 0.511 e. The van der Waals surface area contributed by atoms with Gasteiger partial charge in [-0.1, -0.05) is 83.8 Å². The number of benzene rings is 1. The summed E-state index contributed by atoms with van der Waals surface area (Å²) >= 11 is 0. The zero-order valence-corrected chi connectivity index (χ0v) is 16.2. The predicted octanol–water partition coefficient (Wildman–Crippen LogP) is 7.16. The summed E-state index contributed by atoms with van der Waals surface area (Å²) < 4.78 is 5.04. The largest absolute Gasteiger partial charge is 0.511 e. The van der Waals surface area contributed by atoms with Gasteiger partial charge in [0.1, 0.15) is 5.75 Å². The second-order valence-electron chi connectivity index (χ2n) is 6.94. The van der Waals surface area contributed by atoms with Crippen LogP contribution in [-0.4, -0.2) is 11.3 Å². The molecule has 0 spiro atoms. The number of ether oxygens (including phenoxy) is 1. The summed E-state index contributed by atoms with van der Waals surface area (Å²) in [5.41, 5.74) is 2.37. The van der Waals surface area contributed by atoms with Crippen LogP contribution in [-0.2, 0) is 12.8 Å². The lowest BCUT2D eigenvalue weighted by Crippen LogP contribution is -2.07. The van der Waals surface area contributed by atoms with Gasteiger partial charge in [0.05, 0.1) is 0 Å². The molecule has 0 aliphatic carbocycles. The minimum absolute atomic E-state index is 0.534. The molecule has 0 aliphatic heterocycles. The number of rotatable bonds is 14. The average molecular weight is 349 g/mol. The number of hydrogen-bond donors (Lipinski definition) is 1. The Hall–Kier alpha value is -1.51. The molecule has 0 radical (unpaired) electrons. The lowest BCUT2D eigenvalue weighted by Gasteiger charge is -2.14. The summed E-state index contributed by atoms with van der Waals surface area (Å²) in [5.74, 6) is 0.534. The molecular weight excluding hydrogens is 312 g/mol. The highest BCUT2D eigenvalue weighted by atomic mass is 16.7. The van der Waals surface area contributed by atoms with Gasteiger partial charge >= 0.3 is 6.16 Å². The van der Waals surface area contributed by atoms with Crippen molar-refractivity contribution in [1.29, 1.82) is 0 Å². The molecule has 142 valence electrons. The SMILES string of the molecule is CCCCCCCCCc1c(CCCCCC)cccc1OC(=O)O. The number of carbonyl (C=O) groups is 1. The van der Waals surface area contributed by atoms with Crippen LogP contribution in [0.4, 0.5) is 4.79 Å². The lowest BCUT2D eigenvalue weighted by atomic mass is 9.95. The molecule has 25 heavy (non-hydrogen) atoms. The van der Waals surface area contributed by atoms with Gasteiger partial charge in [0.25, 0.3) is 0 Å². The maximum atomic E-state index is 11.0. The molecule has 0 aliphatic rings. The molecular formula is C22H36O3. The van der Waals surface area contributed by atoms with Crippen molar-refractivity contribution >= 4 is 6.16 Å². The summed E-state index contributed by atoms with van der Waals surface area (Å²) in [6.07, 6.45) is 14.4. The van der Waals surface area contributed by atoms with Crippen LogP contribution >= 0.6 is 0 Å². The van der Waals surface area contributed by atoms with Crippen molar-refractivity contribution in [2.75, 3.05) is 0 Å². The molecule has 0 heterocycles. The van der Waals surface area contributed by atoms with Gasteiger partial charge in [0.15, 0.2) is 0 Å². The van der Waals surface area contributed by atoms with Gasteiger partial charge in [-0.15, -0.1) is 0 Å². The molecule has 0 saturated heterocycles. The number of hydrogen-bond acceptors (Lipinski definition) is 2. The number of aryl methyl sites for hydroxylation is 1. The topological polar surface area (TPSA) is 46.5 Å². The van der Waals surface area contributed by atoms with E-state index in [-0.39, 0.29) is 0 Å². The van der Waals surface area contributed by atoms with Gasteiger partial charge in [-0.2, -0.15) is 0 Å². The van der Waals surface area contributed by atoms with E-state index in [1.807, 2.05) is 6.07 Å². The Morgan fingerprint density at radius 3 is 2.04 bits per heavy atom. The van der Waals surface area contributed by atoms with Crippen molar-refractivity contribution in [2.45, 2.75) is 97.3 Å². The fourth-order valence-electron chi connectivity index (χ4n) is 3.32. The molecule has 3 heteroatoms. The standard InChI is InChI=1S/C22H36O3/c1-3-5-7-9-10-11-13-17-20-19(15-12-8-6-4-2)16-14-18-21(20)25-22(23)24/h14,16,18H,3-13,15,17H2,1-2H3,(H,23,24). The quantitative estimate of drug-likeness (QED) is 0.220. The Labute approximate surface area is 153 Å². The summed E-state index contributed by atoms with van der Waals surface area (Å²) in [7, 11) is 0. The highest BCUT2D eigenvalue weighted by molar-refractivity contribution is 5.62. The first kappa shape index (κ1) is 21.5. The van der Waals surface area contributed by atoms with E-state index in [9.17, 15) is 4.79 Å². The molecule has 1 rings (SSSR count). The maximum absolute atomic E-state index is 11.0. The first-order chi connectivity index (χ1) is 12.2. The van der Waals surface area contributed by atoms with Crippen molar-refractivity contribution in [3.63, 3.8) is 0 Å². The molecule has 1 aromatic rings. The van der Waals surface area contributed by atoms with Gasteiger partial charge in [-0.25, -0.2) is 4.79 Å². The normalized spacial score (nSPS) is 10.8. The van der Waals surface area contributed by atoms with Gasteiger partial charge in [-0.05, 0) is 42.9 Å². The molecule has 3 nitrogen and oxygen atoms in total. The first-order valence-electron chi connectivity index (χ1n) is 10.2. The van der Waals surface area contributed by atoms with Gasteiger partial charge in [0.2, 0.25) is 0 Å². The predicted molar refractivity (Wildman–Crippen MR) is 105 cm³/mol. The van der Waals surface area contributed by atoms with Gasteiger partial charge in [-0.3, -0.25) is 0 Å². The monoisotopic (exact) mass is 348 g/mol. The molecule has 1 aromatic carbocycles. The zero-order valence-electron chi connectivity index (χ0n) is 16.2. The van der Waals surface area contributed by atoms with Crippen LogP contribution in [0.1, 0.15) is 95.6 Å².